The van der Waals surface area contributed by atoms with Crippen molar-refractivity contribution in [2.75, 3.05) is 11.5 Å². The fourth-order valence-electron chi connectivity index (χ4n) is 1.68. The molecule has 0 unspecified atom stereocenters. The zero-order chi connectivity index (χ0) is 15.5. The van der Waals surface area contributed by atoms with Gasteiger partial charge in [-0.25, -0.2) is 0 Å². The first-order valence-electron chi connectivity index (χ1n) is 6.08. The molecular weight excluding hydrogens is 306 g/mol. The molecule has 11 heteroatoms. The first-order chi connectivity index (χ1) is 10.6. The minimum Gasteiger partial charge on any atom is -0.508 e. The highest BCUT2D eigenvalue weighted by Gasteiger charge is 2.11. The van der Waals surface area contributed by atoms with E-state index in [4.69, 9.17) is 11.5 Å². The van der Waals surface area contributed by atoms with Crippen molar-refractivity contribution in [3.63, 3.8) is 0 Å². The van der Waals surface area contributed by atoms with Crippen LogP contribution < -0.4 is 11.5 Å². The van der Waals surface area contributed by atoms with Crippen LogP contribution in [-0.2, 0) is 5.75 Å². The van der Waals surface area contributed by atoms with Crippen LogP contribution in [0, 0.1) is 0 Å². The van der Waals surface area contributed by atoms with Crippen molar-refractivity contribution < 1.29 is 5.11 Å². The van der Waals surface area contributed by atoms with Gasteiger partial charge in [-0.05, 0) is 34.7 Å². The molecule has 3 aromatic rings. The minimum atomic E-state index is 0.0706. The van der Waals surface area contributed by atoms with Crippen LogP contribution in [0.2, 0.25) is 0 Å². The van der Waals surface area contributed by atoms with Gasteiger partial charge >= 0.3 is 0 Å². The van der Waals surface area contributed by atoms with E-state index in [-0.39, 0.29) is 17.6 Å². The van der Waals surface area contributed by atoms with Gasteiger partial charge in [0.2, 0.25) is 17.1 Å². The maximum absolute atomic E-state index is 9.32. The number of aromatic nitrogens is 7. The molecule has 0 aliphatic rings. The number of hydrogen-bond donors (Lipinski definition) is 3. The number of phenols is 1. The number of tetrazole rings is 1. The summed E-state index contributed by atoms with van der Waals surface area (Å²) in [7, 11) is 0. The molecule has 1 aromatic carbocycles. The summed E-state index contributed by atoms with van der Waals surface area (Å²) in [5, 5.41) is 21.4. The molecule has 0 radical (unpaired) electrons. The van der Waals surface area contributed by atoms with Crippen molar-refractivity contribution in [1.29, 1.82) is 0 Å². The fourth-order valence-corrected chi connectivity index (χ4v) is 2.42. The van der Waals surface area contributed by atoms with Gasteiger partial charge in [-0.1, -0.05) is 11.8 Å². The number of rotatable bonds is 4. The van der Waals surface area contributed by atoms with Gasteiger partial charge in [0.15, 0.2) is 0 Å². The Morgan fingerprint density at radius 2 is 1.73 bits per heavy atom. The Morgan fingerprint density at radius 1 is 1.05 bits per heavy atom. The Labute approximate surface area is 128 Å². The molecule has 112 valence electrons. The average molecular weight is 317 g/mol. The Kier molecular flexibility index (Phi) is 3.70. The minimum absolute atomic E-state index is 0.0706. The summed E-state index contributed by atoms with van der Waals surface area (Å²) in [6.45, 7) is 0. The maximum atomic E-state index is 9.32. The van der Waals surface area contributed by atoms with Crippen molar-refractivity contribution in [3.05, 3.63) is 30.1 Å². The predicted octanol–water partition coefficient (Wildman–Crippen LogP) is 0.00960. The van der Waals surface area contributed by atoms with Crippen molar-refractivity contribution >= 4 is 23.7 Å². The van der Waals surface area contributed by atoms with Gasteiger partial charge in [0.25, 0.3) is 0 Å². The number of nitrogens with zero attached hydrogens (tertiary/aromatic N) is 7. The first-order valence-corrected chi connectivity index (χ1v) is 7.07. The molecule has 0 aliphatic carbocycles. The van der Waals surface area contributed by atoms with Crippen LogP contribution in [0.15, 0.2) is 29.4 Å². The molecule has 10 nitrogen and oxygen atoms in total. The van der Waals surface area contributed by atoms with Gasteiger partial charge in [-0.15, -0.1) is 5.10 Å². The zero-order valence-electron chi connectivity index (χ0n) is 11.2. The van der Waals surface area contributed by atoms with E-state index < -0.39 is 0 Å². The molecule has 0 fully saturated rings. The Morgan fingerprint density at radius 3 is 2.41 bits per heavy atom. The SMILES string of the molecule is Nc1nc(N)nc(CSc2nnnn2-c2ccc(O)cc2)n1. The van der Waals surface area contributed by atoms with Gasteiger partial charge < -0.3 is 16.6 Å². The maximum Gasteiger partial charge on any atom is 0.225 e. The number of benzene rings is 1. The molecule has 0 spiro atoms. The summed E-state index contributed by atoms with van der Waals surface area (Å²) in [5.41, 5.74) is 11.8. The van der Waals surface area contributed by atoms with E-state index in [1.54, 1.807) is 24.3 Å². The summed E-state index contributed by atoms with van der Waals surface area (Å²) in [6.07, 6.45) is 0. The van der Waals surface area contributed by atoms with E-state index in [9.17, 15) is 5.11 Å². The van der Waals surface area contributed by atoms with Gasteiger partial charge in [-0.2, -0.15) is 19.6 Å². The van der Waals surface area contributed by atoms with Crippen LogP contribution >= 0.6 is 11.8 Å². The molecule has 0 saturated carbocycles. The van der Waals surface area contributed by atoms with E-state index >= 15 is 0 Å². The van der Waals surface area contributed by atoms with Crippen molar-refractivity contribution in [2.24, 2.45) is 0 Å². The summed E-state index contributed by atoms with van der Waals surface area (Å²) in [6, 6.07) is 6.51. The molecule has 0 amide bonds. The first kappa shape index (κ1) is 14.0. The monoisotopic (exact) mass is 317 g/mol. The second-order valence-corrected chi connectivity index (χ2v) is 5.09. The molecule has 3 rings (SSSR count). The molecule has 5 N–H and O–H groups in total. The molecule has 2 heterocycles. The summed E-state index contributed by atoms with van der Waals surface area (Å²) in [4.78, 5) is 11.7. The van der Waals surface area contributed by atoms with Crippen LogP contribution in [0.3, 0.4) is 0 Å². The van der Waals surface area contributed by atoms with E-state index in [1.165, 1.54) is 16.4 Å². The molecule has 0 saturated heterocycles. The van der Waals surface area contributed by atoms with Crippen molar-refractivity contribution in [3.8, 4) is 11.4 Å². The zero-order valence-corrected chi connectivity index (χ0v) is 12.0. The number of nitrogen functional groups attached to an aromatic ring is 2. The summed E-state index contributed by atoms with van der Waals surface area (Å²) >= 11 is 1.32. The number of phenolic OH excluding ortho intramolecular Hbond substituents is 1. The third kappa shape index (κ3) is 3.03. The molecule has 0 aliphatic heterocycles. The van der Waals surface area contributed by atoms with E-state index in [0.717, 1.165) is 5.69 Å². The lowest BCUT2D eigenvalue weighted by molar-refractivity contribution is 0.475. The summed E-state index contributed by atoms with van der Waals surface area (Å²) in [5.74, 6) is 1.13. The van der Waals surface area contributed by atoms with E-state index in [0.29, 0.717) is 16.7 Å². The van der Waals surface area contributed by atoms with E-state index in [1.807, 2.05) is 0 Å². The van der Waals surface area contributed by atoms with Crippen LogP contribution in [0.1, 0.15) is 5.82 Å². The second kappa shape index (κ2) is 5.81. The molecule has 22 heavy (non-hydrogen) atoms. The largest absolute Gasteiger partial charge is 0.508 e. The molecule has 2 aromatic heterocycles. The smallest absolute Gasteiger partial charge is 0.225 e. The summed E-state index contributed by atoms with van der Waals surface area (Å²) < 4.78 is 1.54. The number of thioether (sulfide) groups is 1. The molecule has 0 atom stereocenters. The molecular formula is C11H11N9OS. The topological polar surface area (TPSA) is 155 Å². The van der Waals surface area contributed by atoms with E-state index in [2.05, 4.69) is 30.5 Å². The predicted molar refractivity (Wildman–Crippen MR) is 79.0 cm³/mol. The highest BCUT2D eigenvalue weighted by Crippen LogP contribution is 2.22. The van der Waals surface area contributed by atoms with Crippen LogP contribution in [-0.4, -0.2) is 40.3 Å². The highest BCUT2D eigenvalue weighted by atomic mass is 32.2. The van der Waals surface area contributed by atoms with Crippen molar-refractivity contribution in [2.45, 2.75) is 10.9 Å². The Balaban J connectivity index is 1.79. The second-order valence-electron chi connectivity index (χ2n) is 4.15. The normalized spacial score (nSPS) is 10.7. The van der Waals surface area contributed by atoms with Gasteiger partial charge in [0.05, 0.1) is 11.4 Å². The lowest BCUT2D eigenvalue weighted by Crippen LogP contribution is -2.06. The number of nitrogens with two attached hydrogens (primary N) is 2. The van der Waals surface area contributed by atoms with Gasteiger partial charge in [0, 0.05) is 0 Å². The van der Waals surface area contributed by atoms with Gasteiger partial charge in [0.1, 0.15) is 11.6 Å². The van der Waals surface area contributed by atoms with Crippen LogP contribution in [0.4, 0.5) is 11.9 Å². The van der Waals surface area contributed by atoms with Crippen LogP contribution in [0.5, 0.6) is 5.75 Å². The van der Waals surface area contributed by atoms with Crippen molar-refractivity contribution in [1.82, 2.24) is 35.2 Å². The lowest BCUT2D eigenvalue weighted by Gasteiger charge is -2.04. The average Bonchev–Trinajstić information content (AvgIpc) is 2.93. The standard InChI is InChI=1S/C11H11N9OS/c12-9-14-8(15-10(13)16-9)5-22-11-17-18-19-20(11)6-1-3-7(21)4-2-6/h1-4,21H,5H2,(H4,12,13,14,15,16). The van der Waals surface area contributed by atoms with Crippen LogP contribution in [0.25, 0.3) is 5.69 Å². The quantitative estimate of drug-likeness (QED) is 0.560. The number of anilines is 2. The number of hydrogen-bond acceptors (Lipinski definition) is 10. The number of aromatic hydroxyl groups is 1. The Hall–Kier alpha value is -2.95. The third-order valence-electron chi connectivity index (χ3n) is 2.58. The van der Waals surface area contributed by atoms with Gasteiger partial charge in [-0.3, -0.25) is 0 Å². The highest BCUT2D eigenvalue weighted by molar-refractivity contribution is 7.98. The third-order valence-corrected chi connectivity index (χ3v) is 3.50. The Bertz CT molecular complexity index is 768. The lowest BCUT2D eigenvalue weighted by atomic mass is 10.3. The molecule has 0 bridgehead atoms. The fraction of sp³-hybridized carbons (Fsp3) is 0.0909.